The van der Waals surface area contributed by atoms with E-state index in [1.807, 2.05) is 0 Å². The molecule has 44 heavy (non-hydrogen) atoms. The zero-order valence-corrected chi connectivity index (χ0v) is 26.6. The van der Waals surface area contributed by atoms with Crippen molar-refractivity contribution in [2.75, 3.05) is 16.8 Å². The molecule has 1 saturated heterocycles. The molecule has 2 aliphatic heterocycles. The van der Waals surface area contributed by atoms with Crippen molar-refractivity contribution in [2.45, 2.75) is 16.2 Å². The Morgan fingerprint density at radius 2 is 1.80 bits per heavy atom. The molecule has 0 radical (unpaired) electrons. The van der Waals surface area contributed by atoms with E-state index < -0.39 is 46.3 Å². The average molecular weight is 736 g/mol. The van der Waals surface area contributed by atoms with Crippen LogP contribution in [0, 0.1) is 16.0 Å². The minimum Gasteiger partial charge on any atom is -0.483 e. The summed E-state index contributed by atoms with van der Waals surface area (Å²) in [5, 5.41) is 14.0. The Morgan fingerprint density at radius 1 is 1.05 bits per heavy atom. The Bertz CT molecular complexity index is 1920. The van der Waals surface area contributed by atoms with Gasteiger partial charge in [-0.25, -0.2) is 4.90 Å². The number of carbonyl (C=O) groups excluding carboxylic acids is 3. The zero-order valence-electron chi connectivity index (χ0n) is 21.9. The lowest BCUT2D eigenvalue weighted by atomic mass is 9.82. The highest BCUT2D eigenvalue weighted by molar-refractivity contribution is 9.10. The number of imide groups is 1. The molecule has 11 nitrogen and oxygen atoms in total. The number of aromatic amines is 1. The van der Waals surface area contributed by atoms with Crippen LogP contribution in [0.15, 0.2) is 75.0 Å². The number of benzene rings is 3. The summed E-state index contributed by atoms with van der Waals surface area (Å²) >= 11 is 17.5. The molecule has 4 aromatic rings. The molecule has 16 heteroatoms. The van der Waals surface area contributed by atoms with Crippen LogP contribution in [0.1, 0.15) is 16.4 Å². The van der Waals surface area contributed by atoms with E-state index in [0.717, 1.165) is 28.0 Å². The Hall–Kier alpha value is -3.69. The Labute approximate surface area is 274 Å². The molecule has 2 N–H and O–H groups in total. The molecule has 2 aliphatic rings. The average Bonchev–Trinajstić information content (AvgIpc) is 3.48. The second-order valence-electron chi connectivity index (χ2n) is 9.68. The third kappa shape index (κ3) is 5.63. The molecule has 1 fully saturated rings. The number of nitro benzene ring substituents is 1. The predicted molar refractivity (Wildman–Crippen MR) is 170 cm³/mol. The van der Waals surface area contributed by atoms with Gasteiger partial charge in [0, 0.05) is 38.7 Å². The largest absolute Gasteiger partial charge is 0.483 e. The fraction of sp³-hybridized carbons (Fsp3) is 0.143. The smallest absolute Gasteiger partial charge is 0.305 e. The van der Waals surface area contributed by atoms with Crippen LogP contribution in [0.5, 0.6) is 5.75 Å². The number of hydrogen-bond acceptors (Lipinski definition) is 9. The molecular formula is C28H17BrCl2N4O7S2. The van der Waals surface area contributed by atoms with Gasteiger partial charge in [0.1, 0.15) is 11.0 Å². The summed E-state index contributed by atoms with van der Waals surface area (Å²) in [6.45, 7) is -0.400. The predicted octanol–water partition coefficient (Wildman–Crippen LogP) is 6.23. The molecule has 3 atom stereocenters. The summed E-state index contributed by atoms with van der Waals surface area (Å²) in [7, 11) is 0. The lowest BCUT2D eigenvalue weighted by molar-refractivity contribution is -0.384. The molecule has 3 unspecified atom stereocenters. The highest BCUT2D eigenvalue weighted by Crippen LogP contribution is 2.54. The summed E-state index contributed by atoms with van der Waals surface area (Å²) in [5.74, 6) is -2.98. The topological polar surface area (TPSA) is 152 Å². The number of nitrogens with one attached hydrogen (secondary N) is 2. The number of non-ortho nitro benzene ring substituents is 1. The van der Waals surface area contributed by atoms with Crippen LogP contribution >= 0.6 is 62.2 Å². The van der Waals surface area contributed by atoms with Crippen molar-refractivity contribution in [1.82, 2.24) is 4.98 Å². The van der Waals surface area contributed by atoms with Crippen molar-refractivity contribution in [1.29, 1.82) is 0 Å². The zero-order chi connectivity index (χ0) is 31.3. The van der Waals surface area contributed by atoms with Crippen LogP contribution in [0.2, 0.25) is 10.0 Å². The van der Waals surface area contributed by atoms with E-state index >= 15 is 0 Å². The molecule has 0 aliphatic carbocycles. The van der Waals surface area contributed by atoms with Crippen LogP contribution in [0.4, 0.5) is 17.1 Å². The van der Waals surface area contributed by atoms with E-state index in [1.165, 1.54) is 30.3 Å². The number of thioether (sulfide) groups is 1. The van der Waals surface area contributed by atoms with Gasteiger partial charge in [-0.15, -0.1) is 0 Å². The Kier molecular flexibility index (Phi) is 8.28. The van der Waals surface area contributed by atoms with E-state index in [-0.39, 0.29) is 27.0 Å². The summed E-state index contributed by atoms with van der Waals surface area (Å²) in [6.07, 6.45) is 0. The number of halogens is 3. The summed E-state index contributed by atoms with van der Waals surface area (Å²) in [6, 6.07) is 14.8. The first-order valence-corrected chi connectivity index (χ1v) is 16.0. The number of nitro groups is 1. The second kappa shape index (κ2) is 12.0. The monoisotopic (exact) mass is 734 g/mol. The third-order valence-corrected chi connectivity index (χ3v) is 10.6. The van der Waals surface area contributed by atoms with Crippen molar-refractivity contribution < 1.29 is 24.0 Å². The molecule has 3 aromatic carbocycles. The van der Waals surface area contributed by atoms with Gasteiger partial charge in [-0.05, 0) is 48.5 Å². The van der Waals surface area contributed by atoms with Gasteiger partial charge in [0.05, 0.1) is 31.6 Å². The van der Waals surface area contributed by atoms with Crippen LogP contribution < -0.4 is 19.8 Å². The number of thiazole rings is 1. The van der Waals surface area contributed by atoms with Crippen molar-refractivity contribution in [2.24, 2.45) is 5.92 Å². The van der Waals surface area contributed by atoms with E-state index in [4.69, 9.17) is 27.9 Å². The lowest BCUT2D eigenvalue weighted by Gasteiger charge is -2.31. The first-order valence-electron chi connectivity index (χ1n) is 12.7. The van der Waals surface area contributed by atoms with Crippen LogP contribution in [0.3, 0.4) is 0 Å². The molecule has 224 valence electrons. The van der Waals surface area contributed by atoms with E-state index in [0.29, 0.717) is 30.6 Å². The van der Waals surface area contributed by atoms with E-state index in [1.54, 1.807) is 30.3 Å². The molecule has 0 bridgehead atoms. The number of ether oxygens (including phenoxy) is 1. The van der Waals surface area contributed by atoms with Crippen molar-refractivity contribution in [3.63, 3.8) is 0 Å². The normalized spacial score (nSPS) is 19.0. The van der Waals surface area contributed by atoms with Gasteiger partial charge >= 0.3 is 4.87 Å². The first-order chi connectivity index (χ1) is 21.0. The third-order valence-electron chi connectivity index (χ3n) is 7.01. The number of carbonyl (C=O) groups is 3. The number of nitrogens with zero attached hydrogens (tertiary/aromatic N) is 2. The van der Waals surface area contributed by atoms with Gasteiger partial charge in [-0.3, -0.25) is 29.3 Å². The van der Waals surface area contributed by atoms with Gasteiger partial charge in [0.15, 0.2) is 6.61 Å². The fourth-order valence-electron chi connectivity index (χ4n) is 5.14. The van der Waals surface area contributed by atoms with Crippen LogP contribution in [-0.4, -0.2) is 39.5 Å². The number of anilines is 2. The molecule has 0 spiro atoms. The Morgan fingerprint density at radius 3 is 2.50 bits per heavy atom. The fourth-order valence-corrected chi connectivity index (χ4v) is 8.32. The molecule has 1 aromatic heterocycles. The van der Waals surface area contributed by atoms with Gasteiger partial charge in [0.25, 0.3) is 11.6 Å². The maximum Gasteiger partial charge on any atom is 0.305 e. The SMILES string of the molecule is O=C(COc1ccc(Br)cc1C1c2sc(=O)[nH]c2SC2C(=O)N(c3ccc([N+](=O)[O-])cc3)C(=O)C21)Nc1ccc(Cl)c(Cl)c1. The number of H-pyrrole nitrogens is 1. The first kappa shape index (κ1) is 30.3. The summed E-state index contributed by atoms with van der Waals surface area (Å²) in [5.41, 5.74) is 0.914. The lowest BCUT2D eigenvalue weighted by Crippen LogP contribution is -2.32. The maximum absolute atomic E-state index is 14.0. The number of hydrogen-bond donors (Lipinski definition) is 2. The highest BCUT2D eigenvalue weighted by Gasteiger charge is 2.57. The minimum atomic E-state index is -0.941. The second-order valence-corrected chi connectivity index (χ2v) is 13.6. The van der Waals surface area contributed by atoms with Crippen molar-refractivity contribution in [3.05, 3.63) is 105 Å². The van der Waals surface area contributed by atoms with Gasteiger partial charge in [-0.2, -0.15) is 0 Å². The van der Waals surface area contributed by atoms with Crippen LogP contribution in [0.25, 0.3) is 0 Å². The quantitative estimate of drug-likeness (QED) is 0.129. The number of aromatic nitrogens is 1. The molecular weight excluding hydrogens is 719 g/mol. The Balaban J connectivity index is 1.34. The standard InChI is InChI=1S/C28H17BrCl2N4O7S2/c29-12-1-8-19(42-11-20(36)32-13-2-7-17(30)18(31)10-13)16(9-12)21-22-24(43-25-23(21)44-28(39)33-25)27(38)34(26(22)37)14-3-5-15(6-4-14)35(40)41/h1-10,21-22,24H,11H2,(H,32,36)(H,33,39). The van der Waals surface area contributed by atoms with E-state index in [9.17, 15) is 29.3 Å². The number of fused-ring (bicyclic) bond motifs is 2. The summed E-state index contributed by atoms with van der Waals surface area (Å²) in [4.78, 5) is 67.5. The van der Waals surface area contributed by atoms with Gasteiger partial charge in [-0.1, -0.05) is 62.2 Å². The molecule has 0 saturated carbocycles. The number of amides is 3. The molecule has 3 amide bonds. The summed E-state index contributed by atoms with van der Waals surface area (Å²) < 4.78 is 6.60. The van der Waals surface area contributed by atoms with E-state index in [2.05, 4.69) is 26.2 Å². The van der Waals surface area contributed by atoms with Gasteiger partial charge < -0.3 is 15.0 Å². The maximum atomic E-state index is 14.0. The highest BCUT2D eigenvalue weighted by atomic mass is 79.9. The minimum absolute atomic E-state index is 0.184. The van der Waals surface area contributed by atoms with Crippen LogP contribution in [-0.2, 0) is 14.4 Å². The molecule has 3 heterocycles. The van der Waals surface area contributed by atoms with Crippen molar-refractivity contribution in [3.8, 4) is 5.75 Å². The molecule has 6 rings (SSSR count). The van der Waals surface area contributed by atoms with Crippen molar-refractivity contribution >= 4 is 97.0 Å². The van der Waals surface area contributed by atoms with Gasteiger partial charge in [0.2, 0.25) is 11.8 Å². The number of rotatable bonds is 7.